The standard InChI is InChI=1S/C25H19BrFN3OS/c1-15-14-18(9-10-19(15)26)30-24(23(29-25(30)32)20-4-2-3-13-28-20)22-12-11-21(31-22)16-5-7-17(27)8-6-16/h2-14,23-24H,1H3,(H,29,32). The van der Waals surface area contributed by atoms with Crippen molar-refractivity contribution in [2.75, 3.05) is 4.90 Å². The van der Waals surface area contributed by atoms with Gasteiger partial charge in [0.25, 0.3) is 0 Å². The van der Waals surface area contributed by atoms with Crippen molar-refractivity contribution in [2.24, 2.45) is 0 Å². The first-order chi connectivity index (χ1) is 15.5. The van der Waals surface area contributed by atoms with E-state index in [1.165, 1.54) is 12.1 Å². The van der Waals surface area contributed by atoms with Gasteiger partial charge in [-0.05, 0) is 91.4 Å². The van der Waals surface area contributed by atoms with Crippen molar-refractivity contribution in [3.63, 3.8) is 0 Å². The Bertz CT molecular complexity index is 1280. The van der Waals surface area contributed by atoms with Crippen LogP contribution in [0.15, 0.2) is 87.9 Å². The average molecular weight is 508 g/mol. The quantitative estimate of drug-likeness (QED) is 0.310. The van der Waals surface area contributed by atoms with Crippen LogP contribution in [0.2, 0.25) is 0 Å². The third-order valence-corrected chi connectivity index (χ3v) is 6.77. The van der Waals surface area contributed by atoms with Crippen LogP contribution >= 0.6 is 28.1 Å². The lowest BCUT2D eigenvalue weighted by atomic mass is 10.0. The lowest BCUT2D eigenvalue weighted by molar-refractivity contribution is 0.439. The van der Waals surface area contributed by atoms with E-state index in [9.17, 15) is 4.39 Å². The van der Waals surface area contributed by atoms with Crippen molar-refractivity contribution < 1.29 is 8.81 Å². The van der Waals surface area contributed by atoms with Crippen molar-refractivity contribution >= 4 is 38.9 Å². The number of rotatable bonds is 4. The summed E-state index contributed by atoms with van der Waals surface area (Å²) in [5.41, 5.74) is 3.76. The number of aromatic nitrogens is 1. The number of anilines is 1. The molecule has 2 aromatic carbocycles. The zero-order chi connectivity index (χ0) is 22.2. The molecule has 0 saturated carbocycles. The van der Waals surface area contributed by atoms with Crippen LogP contribution in [0.1, 0.15) is 29.1 Å². The Morgan fingerprint density at radius 3 is 2.59 bits per heavy atom. The second-order valence-electron chi connectivity index (χ2n) is 7.64. The molecule has 0 bridgehead atoms. The molecular weight excluding hydrogens is 489 g/mol. The summed E-state index contributed by atoms with van der Waals surface area (Å²) in [5, 5.41) is 4.04. The minimum atomic E-state index is -0.280. The molecule has 4 nitrogen and oxygen atoms in total. The number of hydrogen-bond acceptors (Lipinski definition) is 3. The highest BCUT2D eigenvalue weighted by atomic mass is 79.9. The summed E-state index contributed by atoms with van der Waals surface area (Å²) in [6.45, 7) is 2.05. The molecule has 0 radical (unpaired) electrons. The molecule has 1 aliphatic rings. The number of nitrogens with zero attached hydrogens (tertiary/aromatic N) is 2. The number of halogens is 2. The molecule has 1 aliphatic heterocycles. The zero-order valence-corrected chi connectivity index (χ0v) is 19.5. The van der Waals surface area contributed by atoms with Crippen LogP contribution in [0.25, 0.3) is 11.3 Å². The molecule has 2 aromatic heterocycles. The van der Waals surface area contributed by atoms with Crippen molar-refractivity contribution in [3.05, 3.63) is 106 Å². The molecule has 5 rings (SSSR count). The molecule has 1 fully saturated rings. The highest BCUT2D eigenvalue weighted by molar-refractivity contribution is 9.10. The van der Waals surface area contributed by atoms with Gasteiger partial charge >= 0.3 is 0 Å². The predicted molar refractivity (Wildman–Crippen MR) is 131 cm³/mol. The minimum absolute atomic E-state index is 0.195. The lowest BCUT2D eigenvalue weighted by Gasteiger charge is -2.26. The molecule has 160 valence electrons. The lowest BCUT2D eigenvalue weighted by Crippen LogP contribution is -2.29. The molecule has 4 aromatic rings. The molecule has 7 heteroatoms. The fraction of sp³-hybridized carbons (Fsp3) is 0.120. The molecular formula is C25H19BrFN3OS. The first kappa shape index (κ1) is 20.8. The van der Waals surface area contributed by atoms with E-state index in [2.05, 4.69) is 37.2 Å². The van der Waals surface area contributed by atoms with Crippen molar-refractivity contribution in [3.8, 4) is 11.3 Å². The van der Waals surface area contributed by atoms with Crippen LogP contribution in [0.3, 0.4) is 0 Å². The Morgan fingerprint density at radius 1 is 1.06 bits per heavy atom. The first-order valence-corrected chi connectivity index (χ1v) is 11.3. The number of hydrogen-bond donors (Lipinski definition) is 1. The van der Waals surface area contributed by atoms with Gasteiger partial charge in [0.1, 0.15) is 23.4 Å². The van der Waals surface area contributed by atoms with Gasteiger partial charge in [-0.15, -0.1) is 0 Å². The van der Waals surface area contributed by atoms with E-state index in [0.717, 1.165) is 32.7 Å². The van der Waals surface area contributed by atoms with Gasteiger partial charge in [-0.25, -0.2) is 4.39 Å². The van der Waals surface area contributed by atoms with E-state index in [-0.39, 0.29) is 17.9 Å². The van der Waals surface area contributed by atoms with E-state index in [1.54, 1.807) is 18.3 Å². The van der Waals surface area contributed by atoms with E-state index in [0.29, 0.717) is 10.9 Å². The van der Waals surface area contributed by atoms with Crippen molar-refractivity contribution in [1.29, 1.82) is 0 Å². The van der Waals surface area contributed by atoms with Gasteiger partial charge in [0.05, 0.1) is 11.7 Å². The maximum Gasteiger partial charge on any atom is 0.174 e. The molecule has 0 spiro atoms. The molecule has 3 heterocycles. The largest absolute Gasteiger partial charge is 0.459 e. The summed E-state index contributed by atoms with van der Waals surface area (Å²) >= 11 is 9.33. The maximum atomic E-state index is 13.4. The number of nitrogens with one attached hydrogen (secondary N) is 1. The summed E-state index contributed by atoms with van der Waals surface area (Å²) in [4.78, 5) is 6.64. The first-order valence-electron chi connectivity index (χ1n) is 10.1. The van der Waals surface area contributed by atoms with Gasteiger partial charge in [-0.1, -0.05) is 22.0 Å². The molecule has 32 heavy (non-hydrogen) atoms. The van der Waals surface area contributed by atoms with Gasteiger partial charge in [0.15, 0.2) is 5.11 Å². The van der Waals surface area contributed by atoms with E-state index < -0.39 is 0 Å². The number of pyridine rings is 1. The number of benzene rings is 2. The van der Waals surface area contributed by atoms with Crippen LogP contribution < -0.4 is 10.2 Å². The SMILES string of the molecule is Cc1cc(N2C(=S)NC(c3ccccn3)C2c2ccc(-c3ccc(F)cc3)o2)ccc1Br. The Balaban J connectivity index is 1.60. The Kier molecular flexibility index (Phi) is 5.53. The number of aryl methyl sites for hydroxylation is 1. The minimum Gasteiger partial charge on any atom is -0.459 e. The Labute approximate surface area is 199 Å². The molecule has 0 aliphatic carbocycles. The van der Waals surface area contributed by atoms with Crippen LogP contribution in [0.5, 0.6) is 0 Å². The normalized spacial score (nSPS) is 18.1. The Hall–Kier alpha value is -3.03. The van der Waals surface area contributed by atoms with E-state index >= 15 is 0 Å². The van der Waals surface area contributed by atoms with Crippen molar-refractivity contribution in [1.82, 2.24) is 10.3 Å². The summed E-state index contributed by atoms with van der Waals surface area (Å²) < 4.78 is 20.7. The van der Waals surface area contributed by atoms with Gasteiger partial charge in [-0.3, -0.25) is 4.98 Å². The molecule has 0 amide bonds. The highest BCUT2D eigenvalue weighted by Gasteiger charge is 2.42. The van der Waals surface area contributed by atoms with Crippen LogP contribution in [0, 0.1) is 12.7 Å². The number of furan rings is 1. The molecule has 1 N–H and O–H groups in total. The van der Waals surface area contributed by atoms with Crippen molar-refractivity contribution in [2.45, 2.75) is 19.0 Å². The third kappa shape index (κ3) is 3.82. The number of thiocarbonyl (C=S) groups is 1. The van der Waals surface area contributed by atoms with Crippen LogP contribution in [-0.4, -0.2) is 10.1 Å². The molecule has 2 unspecified atom stereocenters. The summed E-state index contributed by atoms with van der Waals surface area (Å²) in [6, 6.07) is 21.7. The molecule has 2 atom stereocenters. The summed E-state index contributed by atoms with van der Waals surface area (Å²) in [7, 11) is 0. The smallest absolute Gasteiger partial charge is 0.174 e. The average Bonchev–Trinajstić information content (AvgIpc) is 3.41. The highest BCUT2D eigenvalue weighted by Crippen LogP contribution is 2.43. The molecule has 1 saturated heterocycles. The fourth-order valence-electron chi connectivity index (χ4n) is 3.98. The topological polar surface area (TPSA) is 41.3 Å². The summed E-state index contributed by atoms with van der Waals surface area (Å²) in [5.74, 6) is 1.13. The van der Waals surface area contributed by atoms with Crippen LogP contribution in [0.4, 0.5) is 10.1 Å². The third-order valence-electron chi connectivity index (χ3n) is 5.56. The summed E-state index contributed by atoms with van der Waals surface area (Å²) in [6.07, 6.45) is 1.77. The van der Waals surface area contributed by atoms with Gasteiger partial charge in [0.2, 0.25) is 0 Å². The zero-order valence-electron chi connectivity index (χ0n) is 17.1. The fourth-order valence-corrected chi connectivity index (χ4v) is 4.57. The van der Waals surface area contributed by atoms with Gasteiger partial charge in [-0.2, -0.15) is 0 Å². The van der Waals surface area contributed by atoms with Crippen LogP contribution in [-0.2, 0) is 0 Å². The van der Waals surface area contributed by atoms with Gasteiger partial charge in [0, 0.05) is 21.9 Å². The second-order valence-corrected chi connectivity index (χ2v) is 8.88. The van der Waals surface area contributed by atoms with E-state index in [1.807, 2.05) is 49.4 Å². The Morgan fingerprint density at radius 2 is 1.88 bits per heavy atom. The van der Waals surface area contributed by atoms with Gasteiger partial charge < -0.3 is 14.6 Å². The van der Waals surface area contributed by atoms with E-state index in [4.69, 9.17) is 16.6 Å². The monoisotopic (exact) mass is 507 g/mol. The maximum absolute atomic E-state index is 13.4. The second kappa shape index (κ2) is 8.48. The predicted octanol–water partition coefficient (Wildman–Crippen LogP) is 6.73.